The van der Waals surface area contributed by atoms with Gasteiger partial charge in [0.25, 0.3) is 0 Å². The van der Waals surface area contributed by atoms with E-state index in [1.165, 1.54) is 6.42 Å². The average molecular weight is 182 g/mol. The van der Waals surface area contributed by atoms with Gasteiger partial charge in [-0.05, 0) is 26.8 Å². The van der Waals surface area contributed by atoms with Crippen molar-refractivity contribution in [1.82, 2.24) is 4.90 Å². The normalized spacial score (nSPS) is 25.5. The van der Waals surface area contributed by atoms with E-state index in [-0.39, 0.29) is 5.92 Å². The highest BCUT2D eigenvalue weighted by atomic mass is 16.5. The second kappa shape index (κ2) is 5.21. The highest BCUT2D eigenvalue weighted by Crippen LogP contribution is 2.12. The minimum atomic E-state index is 0.118. The van der Waals surface area contributed by atoms with Gasteiger partial charge in [-0.15, -0.1) is 0 Å². The second-order valence-electron chi connectivity index (χ2n) is 3.84. The van der Waals surface area contributed by atoms with Gasteiger partial charge in [-0.25, -0.2) is 0 Å². The zero-order valence-electron chi connectivity index (χ0n) is 8.49. The monoisotopic (exact) mass is 182 g/mol. The lowest BCUT2D eigenvalue weighted by molar-refractivity contribution is 0.0254. The minimum absolute atomic E-state index is 0.118. The molecule has 1 saturated heterocycles. The molecule has 1 rings (SSSR count). The summed E-state index contributed by atoms with van der Waals surface area (Å²) in [5.74, 6) is 0.118. The quantitative estimate of drug-likeness (QED) is 0.659. The first-order chi connectivity index (χ1) is 6.24. The van der Waals surface area contributed by atoms with Gasteiger partial charge in [-0.2, -0.15) is 5.26 Å². The highest BCUT2D eigenvalue weighted by molar-refractivity contribution is 4.83. The molecule has 0 N–H and O–H groups in total. The van der Waals surface area contributed by atoms with Crippen LogP contribution in [-0.4, -0.2) is 37.7 Å². The molecule has 0 amide bonds. The van der Waals surface area contributed by atoms with Crippen LogP contribution in [0.2, 0.25) is 0 Å². The Morgan fingerprint density at radius 1 is 1.69 bits per heavy atom. The third-order valence-electron chi connectivity index (χ3n) is 2.54. The Balaban J connectivity index is 2.29. The number of nitrogens with zero attached hydrogens (tertiary/aromatic N) is 2. The van der Waals surface area contributed by atoms with Crippen molar-refractivity contribution in [3.63, 3.8) is 0 Å². The predicted octanol–water partition coefficient (Wildman–Crippen LogP) is 1.26. The van der Waals surface area contributed by atoms with Gasteiger partial charge in [0.05, 0.1) is 18.6 Å². The largest absolute Gasteiger partial charge is 0.380 e. The first kappa shape index (κ1) is 10.5. The molecule has 0 aromatic heterocycles. The summed E-state index contributed by atoms with van der Waals surface area (Å²) < 4.78 is 5.39. The summed E-state index contributed by atoms with van der Waals surface area (Å²) >= 11 is 0. The van der Waals surface area contributed by atoms with Crippen molar-refractivity contribution >= 4 is 0 Å². The van der Waals surface area contributed by atoms with Gasteiger partial charge in [0.2, 0.25) is 0 Å². The molecule has 1 aliphatic heterocycles. The van der Waals surface area contributed by atoms with Crippen LogP contribution in [0.3, 0.4) is 0 Å². The molecule has 1 heterocycles. The van der Waals surface area contributed by atoms with Gasteiger partial charge in [-0.1, -0.05) is 0 Å². The van der Waals surface area contributed by atoms with Crippen molar-refractivity contribution in [2.75, 3.05) is 26.8 Å². The number of rotatable bonds is 3. The number of hydrogen-bond acceptors (Lipinski definition) is 3. The standard InChI is InChI=1S/C10H18N2O/c1-9(6-11)7-12(2)10-4-3-5-13-8-10/h9-10H,3-5,7-8H2,1-2H3. The van der Waals surface area contributed by atoms with E-state index in [2.05, 4.69) is 18.0 Å². The average Bonchev–Trinajstić information content (AvgIpc) is 2.19. The molecule has 0 aromatic carbocycles. The molecule has 2 atom stereocenters. The van der Waals surface area contributed by atoms with Crippen LogP contribution in [0, 0.1) is 17.2 Å². The Labute approximate surface area is 80.3 Å². The van der Waals surface area contributed by atoms with Crippen LogP contribution in [0.5, 0.6) is 0 Å². The van der Waals surface area contributed by atoms with Gasteiger partial charge in [-0.3, -0.25) is 4.90 Å². The first-order valence-electron chi connectivity index (χ1n) is 4.91. The van der Waals surface area contributed by atoms with Crippen molar-refractivity contribution in [2.45, 2.75) is 25.8 Å². The maximum absolute atomic E-state index is 8.67. The molecule has 0 saturated carbocycles. The van der Waals surface area contributed by atoms with Crippen molar-refractivity contribution in [3.8, 4) is 6.07 Å². The number of nitriles is 1. The Morgan fingerprint density at radius 2 is 2.46 bits per heavy atom. The van der Waals surface area contributed by atoms with E-state index in [1.54, 1.807) is 0 Å². The van der Waals surface area contributed by atoms with Crippen LogP contribution in [0.1, 0.15) is 19.8 Å². The molecule has 3 nitrogen and oxygen atoms in total. The highest BCUT2D eigenvalue weighted by Gasteiger charge is 2.19. The van der Waals surface area contributed by atoms with Crippen LogP contribution >= 0.6 is 0 Å². The minimum Gasteiger partial charge on any atom is -0.380 e. The van der Waals surface area contributed by atoms with E-state index >= 15 is 0 Å². The summed E-state index contributed by atoms with van der Waals surface area (Å²) in [4.78, 5) is 2.24. The molecule has 0 bridgehead atoms. The first-order valence-corrected chi connectivity index (χ1v) is 4.91. The van der Waals surface area contributed by atoms with E-state index in [0.29, 0.717) is 6.04 Å². The number of likely N-dealkylation sites (N-methyl/N-ethyl adjacent to an activating group) is 1. The molecular weight excluding hydrogens is 164 g/mol. The molecule has 1 fully saturated rings. The summed E-state index contributed by atoms with van der Waals surface area (Å²) in [7, 11) is 2.08. The maximum Gasteiger partial charge on any atom is 0.0666 e. The van der Waals surface area contributed by atoms with E-state index in [4.69, 9.17) is 10.00 Å². The van der Waals surface area contributed by atoms with Crippen LogP contribution in [-0.2, 0) is 4.74 Å². The SMILES string of the molecule is CC(C#N)CN(C)C1CCCOC1. The Bertz CT molecular complexity index is 182. The van der Waals surface area contributed by atoms with Gasteiger partial charge in [0, 0.05) is 19.2 Å². The summed E-state index contributed by atoms with van der Waals surface area (Å²) in [5.41, 5.74) is 0. The van der Waals surface area contributed by atoms with Crippen LogP contribution in [0.15, 0.2) is 0 Å². The molecule has 0 aliphatic carbocycles. The lowest BCUT2D eigenvalue weighted by Gasteiger charge is -2.31. The van der Waals surface area contributed by atoms with Crippen molar-refractivity contribution in [3.05, 3.63) is 0 Å². The molecule has 13 heavy (non-hydrogen) atoms. The summed E-state index contributed by atoms with van der Waals surface area (Å²) in [6, 6.07) is 2.77. The van der Waals surface area contributed by atoms with Crippen molar-refractivity contribution in [1.29, 1.82) is 5.26 Å². The lowest BCUT2D eigenvalue weighted by atomic mass is 10.1. The summed E-state index contributed by atoms with van der Waals surface area (Å²) in [6.07, 6.45) is 2.35. The molecule has 0 spiro atoms. The van der Waals surface area contributed by atoms with E-state index in [0.717, 1.165) is 26.2 Å². The van der Waals surface area contributed by atoms with E-state index < -0.39 is 0 Å². The Hall–Kier alpha value is -0.590. The smallest absolute Gasteiger partial charge is 0.0666 e. The number of ether oxygens (including phenoxy) is 1. The third kappa shape index (κ3) is 3.33. The molecule has 74 valence electrons. The van der Waals surface area contributed by atoms with E-state index in [1.807, 2.05) is 6.92 Å². The lowest BCUT2D eigenvalue weighted by Crippen LogP contribution is -2.40. The summed E-state index contributed by atoms with van der Waals surface area (Å²) in [6.45, 7) is 4.54. The second-order valence-corrected chi connectivity index (χ2v) is 3.84. The van der Waals surface area contributed by atoms with Crippen LogP contribution in [0.4, 0.5) is 0 Å². The Kier molecular flexibility index (Phi) is 4.20. The fourth-order valence-electron chi connectivity index (χ4n) is 1.69. The number of hydrogen-bond donors (Lipinski definition) is 0. The molecule has 0 aromatic rings. The van der Waals surface area contributed by atoms with Crippen LogP contribution in [0.25, 0.3) is 0 Å². The van der Waals surface area contributed by atoms with Gasteiger partial charge >= 0.3 is 0 Å². The zero-order chi connectivity index (χ0) is 9.68. The van der Waals surface area contributed by atoms with Crippen molar-refractivity contribution < 1.29 is 4.74 Å². The fraction of sp³-hybridized carbons (Fsp3) is 0.900. The third-order valence-corrected chi connectivity index (χ3v) is 2.54. The molecular formula is C10H18N2O. The predicted molar refractivity (Wildman–Crippen MR) is 51.2 cm³/mol. The molecule has 0 radical (unpaired) electrons. The zero-order valence-corrected chi connectivity index (χ0v) is 8.49. The molecule has 2 unspecified atom stereocenters. The molecule has 3 heteroatoms. The maximum atomic E-state index is 8.67. The van der Waals surface area contributed by atoms with E-state index in [9.17, 15) is 0 Å². The fourth-order valence-corrected chi connectivity index (χ4v) is 1.69. The molecule has 1 aliphatic rings. The van der Waals surface area contributed by atoms with Gasteiger partial charge in [0.15, 0.2) is 0 Å². The topological polar surface area (TPSA) is 36.3 Å². The summed E-state index contributed by atoms with van der Waals surface area (Å²) in [5, 5.41) is 8.67. The Morgan fingerprint density at radius 3 is 3.00 bits per heavy atom. The van der Waals surface area contributed by atoms with Crippen LogP contribution < -0.4 is 0 Å². The van der Waals surface area contributed by atoms with Crippen molar-refractivity contribution in [2.24, 2.45) is 5.92 Å². The van der Waals surface area contributed by atoms with Gasteiger partial charge < -0.3 is 4.74 Å². The van der Waals surface area contributed by atoms with Gasteiger partial charge in [0.1, 0.15) is 0 Å².